The number of β-amino-alcohol motifs (C(OH)–C–C–N with tert-alkyl or cyclic N) is 1. The van der Waals surface area contributed by atoms with Crippen LogP contribution in [-0.4, -0.2) is 42.4 Å². The fourth-order valence-electron chi connectivity index (χ4n) is 3.04. The van der Waals surface area contributed by atoms with Gasteiger partial charge in [0.2, 0.25) is 0 Å². The largest absolute Gasteiger partial charge is 0.490 e. The molecule has 3 nitrogen and oxygen atoms in total. The number of benzene rings is 1. The maximum atomic E-state index is 10.1. The van der Waals surface area contributed by atoms with E-state index in [2.05, 4.69) is 34.7 Å². The third kappa shape index (κ3) is 4.76. The van der Waals surface area contributed by atoms with E-state index in [0.29, 0.717) is 13.2 Å². The first-order valence-corrected chi connectivity index (χ1v) is 8.11. The number of aliphatic hydroxyl groups excluding tert-OH is 1. The van der Waals surface area contributed by atoms with Gasteiger partial charge in [-0.3, -0.25) is 0 Å². The monoisotopic (exact) mass is 341 g/mol. The van der Waals surface area contributed by atoms with E-state index >= 15 is 0 Å². The molecule has 20 heavy (non-hydrogen) atoms. The molecule has 0 aromatic heterocycles. The van der Waals surface area contributed by atoms with E-state index < -0.39 is 6.10 Å². The van der Waals surface area contributed by atoms with Gasteiger partial charge in [-0.25, -0.2) is 0 Å². The molecule has 0 saturated carbocycles. The second kappa shape index (κ2) is 7.43. The SMILES string of the molecule is C[C@H]1C[C@H](C)CN(C[C@H](O)COc2ccccc2Br)C1. The van der Waals surface area contributed by atoms with Crippen molar-refractivity contribution in [3.63, 3.8) is 0 Å². The van der Waals surface area contributed by atoms with Crippen LogP contribution < -0.4 is 4.74 Å². The van der Waals surface area contributed by atoms with Crippen LogP contribution in [0.1, 0.15) is 20.3 Å². The lowest BCUT2D eigenvalue weighted by Gasteiger charge is -2.35. The Morgan fingerprint density at radius 1 is 1.30 bits per heavy atom. The summed E-state index contributed by atoms with van der Waals surface area (Å²) in [6.07, 6.45) is 0.847. The van der Waals surface area contributed by atoms with Crippen LogP contribution >= 0.6 is 15.9 Å². The summed E-state index contributed by atoms with van der Waals surface area (Å²) in [5, 5.41) is 10.1. The van der Waals surface area contributed by atoms with Crippen molar-refractivity contribution in [1.82, 2.24) is 4.90 Å². The highest BCUT2D eigenvalue weighted by Crippen LogP contribution is 2.24. The predicted molar refractivity (Wildman–Crippen MR) is 85.0 cm³/mol. The van der Waals surface area contributed by atoms with E-state index in [1.807, 2.05) is 24.3 Å². The van der Waals surface area contributed by atoms with E-state index in [1.165, 1.54) is 6.42 Å². The molecular weight excluding hydrogens is 318 g/mol. The van der Waals surface area contributed by atoms with Crippen molar-refractivity contribution in [3.8, 4) is 5.75 Å². The van der Waals surface area contributed by atoms with Crippen LogP contribution in [0.15, 0.2) is 28.7 Å². The van der Waals surface area contributed by atoms with Crippen LogP contribution in [0.3, 0.4) is 0 Å². The number of hydrogen-bond donors (Lipinski definition) is 1. The lowest BCUT2D eigenvalue weighted by molar-refractivity contribution is 0.0427. The Kier molecular flexibility index (Phi) is 5.87. The van der Waals surface area contributed by atoms with Gasteiger partial charge < -0.3 is 14.7 Å². The average Bonchev–Trinajstić information content (AvgIpc) is 2.36. The molecule has 1 heterocycles. The summed E-state index contributed by atoms with van der Waals surface area (Å²) in [7, 11) is 0. The molecule has 1 aromatic rings. The molecule has 0 bridgehead atoms. The molecule has 1 fully saturated rings. The summed E-state index contributed by atoms with van der Waals surface area (Å²) in [6.45, 7) is 7.76. The molecule has 4 heteroatoms. The van der Waals surface area contributed by atoms with Crippen LogP contribution in [0.4, 0.5) is 0 Å². The number of ether oxygens (including phenoxy) is 1. The van der Waals surface area contributed by atoms with E-state index in [4.69, 9.17) is 4.74 Å². The lowest BCUT2D eigenvalue weighted by Crippen LogP contribution is -2.44. The normalized spacial score (nSPS) is 25.4. The molecule has 0 amide bonds. The molecule has 2 rings (SSSR count). The molecule has 0 radical (unpaired) electrons. The number of rotatable bonds is 5. The Bertz CT molecular complexity index is 417. The second-order valence-electron chi connectivity index (χ2n) is 6.06. The zero-order chi connectivity index (χ0) is 14.5. The molecule has 3 atom stereocenters. The molecule has 112 valence electrons. The number of aliphatic hydroxyl groups is 1. The first-order valence-electron chi connectivity index (χ1n) is 7.32. The summed E-state index contributed by atoms with van der Waals surface area (Å²) in [5.74, 6) is 2.22. The Hall–Kier alpha value is -0.580. The van der Waals surface area contributed by atoms with Crippen LogP contribution in [0.2, 0.25) is 0 Å². The summed E-state index contributed by atoms with van der Waals surface area (Å²) < 4.78 is 6.59. The Morgan fingerprint density at radius 3 is 2.60 bits per heavy atom. The van der Waals surface area contributed by atoms with Gasteiger partial charge in [0.1, 0.15) is 18.5 Å². The number of para-hydroxylation sites is 1. The Labute approximate surface area is 130 Å². The van der Waals surface area contributed by atoms with Gasteiger partial charge in [-0.05, 0) is 46.3 Å². The summed E-state index contributed by atoms with van der Waals surface area (Å²) >= 11 is 3.44. The minimum atomic E-state index is -0.445. The molecule has 1 aliphatic heterocycles. The highest BCUT2D eigenvalue weighted by atomic mass is 79.9. The first-order chi connectivity index (χ1) is 9.54. The summed E-state index contributed by atoms with van der Waals surface area (Å²) in [4.78, 5) is 2.35. The van der Waals surface area contributed by atoms with Crippen molar-refractivity contribution in [2.45, 2.75) is 26.4 Å². The van der Waals surface area contributed by atoms with E-state index in [-0.39, 0.29) is 0 Å². The van der Waals surface area contributed by atoms with Crippen molar-refractivity contribution in [1.29, 1.82) is 0 Å². The van der Waals surface area contributed by atoms with Crippen molar-refractivity contribution in [2.24, 2.45) is 11.8 Å². The van der Waals surface area contributed by atoms with E-state index in [1.54, 1.807) is 0 Å². The lowest BCUT2D eigenvalue weighted by atomic mass is 9.92. The van der Waals surface area contributed by atoms with Gasteiger partial charge in [0.25, 0.3) is 0 Å². The van der Waals surface area contributed by atoms with Gasteiger partial charge in [0, 0.05) is 19.6 Å². The number of nitrogens with zero attached hydrogens (tertiary/aromatic N) is 1. The predicted octanol–water partition coefficient (Wildman–Crippen LogP) is 3.17. The molecule has 1 N–H and O–H groups in total. The number of likely N-dealkylation sites (tertiary alicyclic amines) is 1. The average molecular weight is 342 g/mol. The van der Waals surface area contributed by atoms with Crippen molar-refractivity contribution >= 4 is 15.9 Å². The van der Waals surface area contributed by atoms with Crippen molar-refractivity contribution in [3.05, 3.63) is 28.7 Å². The van der Waals surface area contributed by atoms with Gasteiger partial charge >= 0.3 is 0 Å². The van der Waals surface area contributed by atoms with Gasteiger partial charge in [-0.15, -0.1) is 0 Å². The molecule has 1 saturated heterocycles. The topological polar surface area (TPSA) is 32.7 Å². The Balaban J connectivity index is 1.78. The smallest absolute Gasteiger partial charge is 0.133 e. The van der Waals surface area contributed by atoms with Crippen LogP contribution in [-0.2, 0) is 0 Å². The maximum Gasteiger partial charge on any atom is 0.133 e. The van der Waals surface area contributed by atoms with Crippen LogP contribution in [0.5, 0.6) is 5.75 Å². The van der Waals surface area contributed by atoms with Gasteiger partial charge in [-0.2, -0.15) is 0 Å². The zero-order valence-corrected chi connectivity index (χ0v) is 13.8. The summed E-state index contributed by atoms with van der Waals surface area (Å²) in [6, 6.07) is 7.72. The molecular formula is C16H24BrNO2. The second-order valence-corrected chi connectivity index (χ2v) is 6.91. The quantitative estimate of drug-likeness (QED) is 0.892. The fraction of sp³-hybridized carbons (Fsp3) is 0.625. The summed E-state index contributed by atoms with van der Waals surface area (Å²) in [5.41, 5.74) is 0. The highest BCUT2D eigenvalue weighted by molar-refractivity contribution is 9.10. The van der Waals surface area contributed by atoms with Gasteiger partial charge in [0.05, 0.1) is 4.47 Å². The van der Waals surface area contributed by atoms with Gasteiger partial charge in [0.15, 0.2) is 0 Å². The molecule has 0 unspecified atom stereocenters. The highest BCUT2D eigenvalue weighted by Gasteiger charge is 2.23. The first kappa shape index (κ1) is 15.8. The van der Waals surface area contributed by atoms with Crippen LogP contribution in [0.25, 0.3) is 0 Å². The van der Waals surface area contributed by atoms with E-state index in [9.17, 15) is 5.11 Å². The zero-order valence-electron chi connectivity index (χ0n) is 12.3. The number of piperidine rings is 1. The third-order valence-corrected chi connectivity index (χ3v) is 4.34. The number of halogens is 1. The maximum absolute atomic E-state index is 10.1. The molecule has 0 spiro atoms. The van der Waals surface area contributed by atoms with Gasteiger partial charge in [-0.1, -0.05) is 26.0 Å². The van der Waals surface area contributed by atoms with Crippen molar-refractivity contribution in [2.75, 3.05) is 26.2 Å². The molecule has 1 aromatic carbocycles. The van der Waals surface area contributed by atoms with Crippen LogP contribution in [0, 0.1) is 11.8 Å². The van der Waals surface area contributed by atoms with E-state index in [0.717, 1.165) is 35.1 Å². The third-order valence-electron chi connectivity index (χ3n) is 3.68. The fourth-order valence-corrected chi connectivity index (χ4v) is 3.44. The van der Waals surface area contributed by atoms with Crippen molar-refractivity contribution < 1.29 is 9.84 Å². The Morgan fingerprint density at radius 2 is 1.95 bits per heavy atom. The molecule has 0 aliphatic carbocycles. The minimum Gasteiger partial charge on any atom is -0.490 e. The number of hydrogen-bond acceptors (Lipinski definition) is 3. The molecule has 1 aliphatic rings. The standard InChI is InChI=1S/C16H24BrNO2/c1-12-7-13(2)9-18(8-12)10-14(19)11-20-16-6-4-3-5-15(16)17/h3-6,12-14,19H,7-11H2,1-2H3/t12-,13-,14-/m0/s1. The minimum absolute atomic E-state index is 0.335.